The maximum Gasteiger partial charge on any atom is 0.405 e. The van der Waals surface area contributed by atoms with Gasteiger partial charge in [-0.3, -0.25) is 19.2 Å². The minimum Gasteiger partial charge on any atom is -0.465 e. The molecule has 3 atom stereocenters. The zero-order chi connectivity index (χ0) is 30.7. The number of aromatic nitrogens is 3. The molecule has 6 N–H and O–H groups in total. The van der Waals surface area contributed by atoms with Gasteiger partial charge in [0.25, 0.3) is 5.91 Å². The molecule has 0 aromatic carbocycles. The van der Waals surface area contributed by atoms with E-state index >= 15 is 0 Å². The van der Waals surface area contributed by atoms with Crippen LogP contribution < -0.4 is 16.4 Å². The molecule has 0 bridgehead atoms. The van der Waals surface area contributed by atoms with Crippen molar-refractivity contribution in [1.82, 2.24) is 30.5 Å². The molecule has 3 fully saturated rings. The quantitative estimate of drug-likeness (QED) is 0.229. The summed E-state index contributed by atoms with van der Waals surface area (Å²) in [6, 6.07) is -2.81. The number of carbonyl (C=O) groups excluding carboxylic acids is 4. The molecule has 2 aliphatic heterocycles. The first-order valence-electron chi connectivity index (χ1n) is 14.5. The molecule has 0 spiro atoms. The van der Waals surface area contributed by atoms with Gasteiger partial charge in [-0.2, -0.15) is 0 Å². The molecule has 4 amide bonds. The van der Waals surface area contributed by atoms with Crippen LogP contribution in [0.25, 0.3) is 0 Å². The molecule has 1 aliphatic carbocycles. The van der Waals surface area contributed by atoms with Crippen LogP contribution in [0.15, 0.2) is 6.20 Å². The van der Waals surface area contributed by atoms with Crippen LogP contribution in [0.2, 0.25) is 0 Å². The normalized spacial score (nSPS) is 23.6. The highest BCUT2D eigenvalue weighted by atomic mass is 16.5. The van der Waals surface area contributed by atoms with Crippen LogP contribution in [0, 0.1) is 5.92 Å². The first-order chi connectivity index (χ1) is 19.8. The summed E-state index contributed by atoms with van der Waals surface area (Å²) in [4.78, 5) is 65.8. The van der Waals surface area contributed by atoms with E-state index in [2.05, 4.69) is 20.9 Å². The average Bonchev–Trinajstić information content (AvgIpc) is 3.61. The number of nitrogens with two attached hydrogens (primary N) is 1. The molecule has 1 unspecified atom stereocenters. The van der Waals surface area contributed by atoms with Crippen LogP contribution in [0.1, 0.15) is 83.4 Å². The molecule has 3 aliphatic rings. The topological polar surface area (TPSA) is 219 Å². The van der Waals surface area contributed by atoms with Crippen molar-refractivity contribution >= 4 is 29.6 Å². The van der Waals surface area contributed by atoms with Crippen molar-refractivity contribution in [3.8, 4) is 0 Å². The van der Waals surface area contributed by atoms with Crippen LogP contribution in [-0.4, -0.2) is 97.1 Å². The van der Waals surface area contributed by atoms with Gasteiger partial charge in [-0.15, -0.1) is 5.10 Å². The lowest BCUT2D eigenvalue weighted by atomic mass is 9.84. The first kappa shape index (κ1) is 31.3. The Labute approximate surface area is 243 Å². The highest BCUT2D eigenvalue weighted by Crippen LogP contribution is 2.34. The second-order valence-electron chi connectivity index (χ2n) is 12.1. The van der Waals surface area contributed by atoms with Crippen LogP contribution in [0.4, 0.5) is 4.79 Å². The predicted octanol–water partition coefficient (Wildman–Crippen LogP) is -0.0261. The predicted molar refractivity (Wildman–Crippen MR) is 146 cm³/mol. The third kappa shape index (κ3) is 6.89. The summed E-state index contributed by atoms with van der Waals surface area (Å²) in [6.45, 7) is 3.34. The molecule has 1 aromatic heterocycles. The van der Waals surface area contributed by atoms with E-state index < -0.39 is 58.9 Å². The lowest BCUT2D eigenvalue weighted by Gasteiger charge is -2.37. The molecule has 15 heteroatoms. The molecule has 232 valence electrons. The number of ether oxygens (including phenoxy) is 1. The number of primary amides is 1. The molecule has 15 nitrogen and oxygen atoms in total. The fourth-order valence-electron chi connectivity index (χ4n) is 6.45. The zero-order valence-electron chi connectivity index (χ0n) is 24.1. The number of ketones is 1. The smallest absolute Gasteiger partial charge is 0.405 e. The van der Waals surface area contributed by atoms with E-state index in [0.29, 0.717) is 12.1 Å². The fraction of sp³-hybridized carbons (Fsp3) is 0.741. The number of hydrogen-bond donors (Lipinski definition) is 5. The Hall–Kier alpha value is -3.59. The van der Waals surface area contributed by atoms with Crippen molar-refractivity contribution in [2.24, 2.45) is 11.7 Å². The number of nitrogens with one attached hydrogen (secondary N) is 2. The number of likely N-dealkylation sites (tertiary alicyclic amines) is 1. The molecular weight excluding hydrogens is 550 g/mol. The summed E-state index contributed by atoms with van der Waals surface area (Å²) in [5.41, 5.74) is 2.78. The second kappa shape index (κ2) is 12.7. The largest absolute Gasteiger partial charge is 0.465 e. The SMILES string of the molecule is CC(C)(O)c1cnnn1[C@H]1C[C@@H](C(=O)NC2(C(=O)C(N)=O)CCOCC2)N(C(=O)C(CC2CCCCC2)NC(=O)O)C1. The Kier molecular flexibility index (Phi) is 9.50. The minimum absolute atomic E-state index is 0.0221. The molecule has 4 rings (SSSR count). The van der Waals surface area contributed by atoms with E-state index in [1.807, 2.05) is 0 Å². The molecule has 1 aromatic rings. The maximum absolute atomic E-state index is 14.0. The lowest BCUT2D eigenvalue weighted by molar-refractivity contribution is -0.147. The van der Waals surface area contributed by atoms with Crippen molar-refractivity contribution < 1.29 is 38.9 Å². The van der Waals surface area contributed by atoms with E-state index in [0.717, 1.165) is 32.1 Å². The number of carbonyl (C=O) groups is 5. The van der Waals surface area contributed by atoms with Gasteiger partial charge in [0.15, 0.2) is 0 Å². The van der Waals surface area contributed by atoms with Crippen LogP contribution >= 0.6 is 0 Å². The third-order valence-electron chi connectivity index (χ3n) is 8.67. The van der Waals surface area contributed by atoms with Gasteiger partial charge in [0.2, 0.25) is 17.6 Å². The van der Waals surface area contributed by atoms with E-state index in [-0.39, 0.29) is 44.9 Å². The fourth-order valence-corrected chi connectivity index (χ4v) is 6.45. The molecule has 42 heavy (non-hydrogen) atoms. The number of rotatable bonds is 10. The van der Waals surface area contributed by atoms with Gasteiger partial charge in [0.05, 0.1) is 17.9 Å². The van der Waals surface area contributed by atoms with Gasteiger partial charge in [-0.25, -0.2) is 9.48 Å². The molecule has 0 radical (unpaired) electrons. The molecule has 2 saturated heterocycles. The van der Waals surface area contributed by atoms with Gasteiger partial charge in [-0.1, -0.05) is 37.3 Å². The van der Waals surface area contributed by atoms with Crippen LogP contribution in [0.3, 0.4) is 0 Å². The number of amides is 4. The van der Waals surface area contributed by atoms with E-state index in [1.54, 1.807) is 13.8 Å². The molecule has 1 saturated carbocycles. The molecule has 3 heterocycles. The summed E-state index contributed by atoms with van der Waals surface area (Å²) in [6.07, 6.45) is 5.30. The number of aliphatic hydroxyl groups is 1. The van der Waals surface area contributed by atoms with Crippen molar-refractivity contribution in [3.05, 3.63) is 11.9 Å². The summed E-state index contributed by atoms with van der Waals surface area (Å²) in [5, 5.41) is 33.4. The number of nitrogens with zero attached hydrogens (tertiary/aromatic N) is 4. The number of Topliss-reactive ketones (excluding diaryl/α,β-unsaturated/α-hetero) is 1. The first-order valence-corrected chi connectivity index (χ1v) is 14.5. The van der Waals surface area contributed by atoms with Crippen molar-refractivity contribution in [2.75, 3.05) is 19.8 Å². The lowest BCUT2D eigenvalue weighted by Crippen LogP contribution is -2.64. The van der Waals surface area contributed by atoms with Crippen LogP contribution in [-0.2, 0) is 29.5 Å². The maximum atomic E-state index is 14.0. The summed E-state index contributed by atoms with van der Waals surface area (Å²) in [5.74, 6) is -3.24. The van der Waals surface area contributed by atoms with Crippen molar-refractivity contribution in [2.45, 2.75) is 101 Å². The van der Waals surface area contributed by atoms with E-state index in [4.69, 9.17) is 10.5 Å². The zero-order valence-corrected chi connectivity index (χ0v) is 24.1. The number of carboxylic acid groups (broad SMARTS) is 1. The van der Waals surface area contributed by atoms with Crippen molar-refractivity contribution in [1.29, 1.82) is 0 Å². The second-order valence-corrected chi connectivity index (χ2v) is 12.1. The minimum atomic E-state index is -1.58. The van der Waals surface area contributed by atoms with Gasteiger partial charge >= 0.3 is 6.09 Å². The Morgan fingerprint density at radius 3 is 2.43 bits per heavy atom. The standard InChI is InChI=1S/C27H41N7O8/c1-26(2,41)20-14-29-32-34(20)17-13-19(23(37)31-27(21(35)22(28)36)8-10-42-11-9-27)33(15-17)24(38)18(30-25(39)40)12-16-6-4-3-5-7-16/h14,16-19,30,41H,3-13,15H2,1-2H3,(H2,28,36)(H,31,37)(H,39,40)/t17-,18?,19-/m0/s1. The Balaban J connectivity index is 1.66. The molecular formula is C27H41N7O8. The average molecular weight is 592 g/mol. The van der Waals surface area contributed by atoms with Gasteiger partial charge < -0.3 is 36.2 Å². The summed E-state index contributed by atoms with van der Waals surface area (Å²) >= 11 is 0. The van der Waals surface area contributed by atoms with Crippen LogP contribution in [0.5, 0.6) is 0 Å². The van der Waals surface area contributed by atoms with Gasteiger partial charge in [0.1, 0.15) is 23.2 Å². The van der Waals surface area contributed by atoms with E-state index in [1.165, 1.54) is 15.8 Å². The van der Waals surface area contributed by atoms with E-state index in [9.17, 15) is 34.2 Å². The summed E-state index contributed by atoms with van der Waals surface area (Å²) in [7, 11) is 0. The van der Waals surface area contributed by atoms with Gasteiger partial charge in [0, 0.05) is 39.0 Å². The number of hydrogen-bond acceptors (Lipinski definition) is 9. The Bertz CT molecular complexity index is 1180. The third-order valence-corrected chi connectivity index (χ3v) is 8.67. The highest BCUT2D eigenvalue weighted by molar-refractivity contribution is 6.39. The highest BCUT2D eigenvalue weighted by Gasteiger charge is 2.49. The monoisotopic (exact) mass is 591 g/mol. The van der Waals surface area contributed by atoms with Crippen molar-refractivity contribution in [3.63, 3.8) is 0 Å². The Morgan fingerprint density at radius 2 is 1.83 bits per heavy atom. The summed E-state index contributed by atoms with van der Waals surface area (Å²) < 4.78 is 6.81. The van der Waals surface area contributed by atoms with Gasteiger partial charge in [-0.05, 0) is 26.2 Å². The Morgan fingerprint density at radius 1 is 1.17 bits per heavy atom.